The molecule has 0 fully saturated rings. The number of fused-ring (bicyclic) bond motifs is 1. The van der Waals surface area contributed by atoms with Crippen LogP contribution in [-0.4, -0.2) is 35.3 Å². The highest BCUT2D eigenvalue weighted by molar-refractivity contribution is 9.12. The number of carbonyl (C=O) groups excluding carboxylic acids is 3. The van der Waals surface area contributed by atoms with Crippen molar-refractivity contribution in [2.75, 3.05) is 5.32 Å². The summed E-state index contributed by atoms with van der Waals surface area (Å²) < 4.78 is 14.1. The fraction of sp³-hybridized carbons (Fsp3) is 0.0385. The fourth-order valence-corrected chi connectivity index (χ4v) is 4.15. The van der Waals surface area contributed by atoms with Crippen molar-refractivity contribution in [3.05, 3.63) is 112 Å². The molecule has 0 aromatic heterocycles. The van der Waals surface area contributed by atoms with Crippen molar-refractivity contribution in [2.45, 2.75) is 6.17 Å². The van der Waals surface area contributed by atoms with Crippen LogP contribution in [0.1, 0.15) is 21.5 Å². The summed E-state index contributed by atoms with van der Waals surface area (Å²) >= 11 is 3.22. The Morgan fingerprint density at radius 2 is 1.61 bits per heavy atom. The smallest absolute Gasteiger partial charge is 0.273 e. The molecule has 3 aromatic carbocycles. The molecule has 5 rings (SSSR count). The van der Waals surface area contributed by atoms with Crippen LogP contribution < -0.4 is 16.0 Å². The number of para-hydroxylation sites is 1. The Balaban J connectivity index is 1.35. The van der Waals surface area contributed by atoms with Crippen molar-refractivity contribution in [2.24, 2.45) is 9.98 Å². The van der Waals surface area contributed by atoms with E-state index in [1.54, 1.807) is 12.1 Å². The van der Waals surface area contributed by atoms with Gasteiger partial charge < -0.3 is 16.0 Å². The highest BCUT2D eigenvalue weighted by Crippen LogP contribution is 2.26. The first kappa shape index (κ1) is 23.3. The maximum absolute atomic E-state index is 13.9. The van der Waals surface area contributed by atoms with Crippen LogP contribution in [0.5, 0.6) is 0 Å². The Morgan fingerprint density at radius 1 is 0.917 bits per heavy atom. The summed E-state index contributed by atoms with van der Waals surface area (Å²) in [5, 5.41) is 7.83. The molecule has 2 heterocycles. The third-order valence-electron chi connectivity index (χ3n) is 5.47. The predicted molar refractivity (Wildman–Crippen MR) is 136 cm³/mol. The van der Waals surface area contributed by atoms with Crippen molar-refractivity contribution in [3.63, 3.8) is 0 Å². The van der Waals surface area contributed by atoms with Gasteiger partial charge in [0.1, 0.15) is 11.5 Å². The largest absolute Gasteiger partial charge is 0.322 e. The molecule has 3 amide bonds. The molecule has 1 unspecified atom stereocenters. The SMILES string of the molecule is O=C(NC1N=C(c2ccccc2)c2ccccc2NC1=O)C1=NC(NC(=O)c2ccccc2F)=C1Br. The second-order valence-corrected chi connectivity index (χ2v) is 8.60. The molecule has 0 radical (unpaired) electrons. The molecule has 2 aliphatic rings. The van der Waals surface area contributed by atoms with Gasteiger partial charge in [-0.05, 0) is 34.1 Å². The Morgan fingerprint density at radius 3 is 2.36 bits per heavy atom. The average molecular weight is 546 g/mol. The van der Waals surface area contributed by atoms with E-state index in [0.717, 1.165) is 5.56 Å². The molecule has 8 nitrogen and oxygen atoms in total. The second kappa shape index (κ2) is 9.67. The van der Waals surface area contributed by atoms with E-state index < -0.39 is 29.7 Å². The van der Waals surface area contributed by atoms with E-state index >= 15 is 0 Å². The number of nitrogens with zero attached hydrogens (tertiary/aromatic N) is 2. The summed E-state index contributed by atoms with van der Waals surface area (Å²) in [5.41, 5.74) is 2.41. The van der Waals surface area contributed by atoms with Gasteiger partial charge in [-0.15, -0.1) is 0 Å². The zero-order chi connectivity index (χ0) is 25.2. The zero-order valence-corrected chi connectivity index (χ0v) is 20.0. The van der Waals surface area contributed by atoms with Gasteiger partial charge >= 0.3 is 0 Å². The van der Waals surface area contributed by atoms with Crippen LogP contribution >= 0.6 is 15.9 Å². The number of hydrogen-bond acceptors (Lipinski definition) is 5. The second-order valence-electron chi connectivity index (χ2n) is 7.81. The van der Waals surface area contributed by atoms with Crippen LogP contribution in [0.15, 0.2) is 99.2 Å². The molecule has 3 N–H and O–H groups in total. The normalized spacial score (nSPS) is 16.5. The number of anilines is 1. The number of nitrogens with one attached hydrogen (secondary N) is 3. The van der Waals surface area contributed by atoms with Gasteiger partial charge in [0.15, 0.2) is 5.82 Å². The maximum atomic E-state index is 13.9. The van der Waals surface area contributed by atoms with E-state index in [-0.39, 0.29) is 21.6 Å². The van der Waals surface area contributed by atoms with Crippen molar-refractivity contribution in [3.8, 4) is 0 Å². The molecule has 1 atom stereocenters. The van der Waals surface area contributed by atoms with Crippen molar-refractivity contribution >= 4 is 50.8 Å². The van der Waals surface area contributed by atoms with Gasteiger partial charge in [-0.1, -0.05) is 60.7 Å². The summed E-state index contributed by atoms with van der Waals surface area (Å²) in [5.74, 6) is -2.51. The van der Waals surface area contributed by atoms with E-state index in [1.165, 1.54) is 24.3 Å². The maximum Gasteiger partial charge on any atom is 0.273 e. The molecular weight excluding hydrogens is 529 g/mol. The lowest BCUT2D eigenvalue weighted by molar-refractivity contribution is -0.122. The summed E-state index contributed by atoms with van der Waals surface area (Å²) in [6.07, 6.45) is -1.24. The minimum atomic E-state index is -1.24. The van der Waals surface area contributed by atoms with Crippen LogP contribution in [0.2, 0.25) is 0 Å². The number of hydrogen-bond donors (Lipinski definition) is 3. The monoisotopic (exact) mass is 545 g/mol. The van der Waals surface area contributed by atoms with Crippen molar-refractivity contribution in [1.29, 1.82) is 0 Å². The number of rotatable bonds is 5. The van der Waals surface area contributed by atoms with E-state index in [1.807, 2.05) is 42.5 Å². The van der Waals surface area contributed by atoms with E-state index in [2.05, 4.69) is 41.9 Å². The van der Waals surface area contributed by atoms with Gasteiger partial charge in [0.25, 0.3) is 17.7 Å². The van der Waals surface area contributed by atoms with Crippen LogP contribution in [0.3, 0.4) is 0 Å². The average Bonchev–Trinajstić information content (AvgIpc) is 3.02. The van der Waals surface area contributed by atoms with Crippen molar-refractivity contribution < 1.29 is 18.8 Å². The van der Waals surface area contributed by atoms with Crippen LogP contribution in [-0.2, 0) is 9.59 Å². The molecule has 0 aliphatic carbocycles. The summed E-state index contributed by atoms with van der Waals surface area (Å²) in [6, 6.07) is 22.1. The standard InChI is InChI=1S/C26H17BrFN5O3/c27-19-21(31-22(19)32-24(34)15-10-4-6-12-17(15)28)25(35)33-23-26(36)29-18-13-7-5-11-16(18)20(30-23)14-8-2-1-3-9-14/h1-13,23H,(H,29,36)(H,33,35)(H,31,32,34). The summed E-state index contributed by atoms with van der Waals surface area (Å²) in [7, 11) is 0. The number of carbonyl (C=O) groups is 3. The van der Waals surface area contributed by atoms with Gasteiger partial charge in [-0.3, -0.25) is 14.4 Å². The van der Waals surface area contributed by atoms with E-state index in [0.29, 0.717) is 17.0 Å². The molecule has 10 heteroatoms. The molecular formula is C26H17BrFN5O3. The van der Waals surface area contributed by atoms with Gasteiger partial charge in [0.05, 0.1) is 21.4 Å². The topological polar surface area (TPSA) is 112 Å². The molecule has 178 valence electrons. The number of amides is 3. The van der Waals surface area contributed by atoms with E-state index in [9.17, 15) is 18.8 Å². The first-order valence-corrected chi connectivity index (χ1v) is 11.6. The van der Waals surface area contributed by atoms with Gasteiger partial charge in [-0.25, -0.2) is 14.4 Å². The molecule has 0 bridgehead atoms. The third-order valence-corrected chi connectivity index (χ3v) is 6.22. The molecule has 36 heavy (non-hydrogen) atoms. The lowest BCUT2D eigenvalue weighted by atomic mass is 10.0. The Bertz CT molecular complexity index is 1500. The van der Waals surface area contributed by atoms with Crippen LogP contribution in [0.25, 0.3) is 0 Å². The molecule has 0 saturated heterocycles. The zero-order valence-electron chi connectivity index (χ0n) is 18.5. The lowest BCUT2D eigenvalue weighted by Crippen LogP contribution is -2.47. The predicted octanol–water partition coefficient (Wildman–Crippen LogP) is 3.51. The number of aliphatic imine (C=N–C) groups is 2. The number of benzene rings is 3. The van der Waals surface area contributed by atoms with Crippen molar-refractivity contribution in [1.82, 2.24) is 10.6 Å². The summed E-state index contributed by atoms with van der Waals surface area (Å²) in [4.78, 5) is 46.7. The van der Waals surface area contributed by atoms with Crippen LogP contribution in [0.4, 0.5) is 10.1 Å². The first-order valence-electron chi connectivity index (χ1n) is 10.8. The quantitative estimate of drug-likeness (QED) is 0.456. The Hall–Kier alpha value is -4.44. The minimum absolute atomic E-state index is 0.0372. The molecule has 2 aliphatic heterocycles. The summed E-state index contributed by atoms with van der Waals surface area (Å²) in [6.45, 7) is 0. The Labute approximate surface area is 213 Å². The third kappa shape index (κ3) is 4.46. The molecule has 0 saturated carbocycles. The minimum Gasteiger partial charge on any atom is -0.322 e. The van der Waals surface area contributed by atoms with Gasteiger partial charge in [-0.2, -0.15) is 0 Å². The molecule has 0 spiro atoms. The van der Waals surface area contributed by atoms with Crippen LogP contribution in [0, 0.1) is 5.82 Å². The molecule has 3 aromatic rings. The number of halogens is 2. The highest BCUT2D eigenvalue weighted by Gasteiger charge is 2.33. The number of benzodiazepines with no additional fused rings is 1. The Kier molecular flexibility index (Phi) is 6.26. The van der Waals surface area contributed by atoms with Gasteiger partial charge in [0.2, 0.25) is 6.17 Å². The lowest BCUT2D eigenvalue weighted by Gasteiger charge is -2.20. The first-order chi connectivity index (χ1) is 17.4. The van der Waals surface area contributed by atoms with Gasteiger partial charge in [0, 0.05) is 11.1 Å². The van der Waals surface area contributed by atoms with E-state index in [4.69, 9.17) is 0 Å². The highest BCUT2D eigenvalue weighted by atomic mass is 79.9. The fourth-order valence-electron chi connectivity index (χ4n) is 3.70.